The standard InChI is InChI=1S/C30H29F2N7O2S/c1-36(30-34-26(25(15-33)42-30)18-4-6-21(31)7-5-18)28-24-14-23(22(32)16-39(24)35-27(28)19-2-3-19)37-9-11-38(12-10-37)29(40)20-8-13-41-17-20/h4-7,14,16,19-20H,2-3,8-13,17H2,1H3/t20-/m1/s1. The molecule has 1 aliphatic carbocycles. The number of nitrogens with zero attached hydrogens (tertiary/aromatic N) is 7. The van der Waals surface area contributed by atoms with Crippen LogP contribution in [0.2, 0.25) is 0 Å². The van der Waals surface area contributed by atoms with Gasteiger partial charge in [-0.3, -0.25) is 4.79 Å². The molecule has 216 valence electrons. The minimum Gasteiger partial charge on any atom is -0.381 e. The van der Waals surface area contributed by atoms with Crippen molar-refractivity contribution in [1.29, 1.82) is 5.26 Å². The first-order chi connectivity index (χ1) is 20.4. The van der Waals surface area contributed by atoms with Gasteiger partial charge in [-0.25, -0.2) is 18.3 Å². The Balaban J connectivity index is 1.21. The Morgan fingerprint density at radius 1 is 1.14 bits per heavy atom. The summed E-state index contributed by atoms with van der Waals surface area (Å²) in [6.45, 7) is 3.22. The van der Waals surface area contributed by atoms with Gasteiger partial charge in [-0.05, 0) is 49.6 Å². The molecule has 2 saturated heterocycles. The molecule has 9 nitrogen and oxygen atoms in total. The van der Waals surface area contributed by atoms with Crippen molar-refractivity contribution in [3.8, 4) is 17.3 Å². The van der Waals surface area contributed by atoms with Crippen LogP contribution in [0.5, 0.6) is 0 Å². The van der Waals surface area contributed by atoms with Crippen LogP contribution in [-0.4, -0.2) is 71.8 Å². The highest BCUT2D eigenvalue weighted by molar-refractivity contribution is 7.16. The lowest BCUT2D eigenvalue weighted by molar-refractivity contribution is -0.135. The molecule has 4 aromatic rings. The topological polar surface area (TPSA) is 90.0 Å². The van der Waals surface area contributed by atoms with Crippen LogP contribution < -0.4 is 9.80 Å². The third-order valence-corrected chi connectivity index (χ3v) is 9.37. The number of piperazine rings is 1. The van der Waals surface area contributed by atoms with Gasteiger partial charge in [0.25, 0.3) is 0 Å². The number of carbonyl (C=O) groups excluding carboxylic acids is 1. The van der Waals surface area contributed by atoms with Crippen LogP contribution >= 0.6 is 11.3 Å². The van der Waals surface area contributed by atoms with E-state index in [9.17, 15) is 14.4 Å². The summed E-state index contributed by atoms with van der Waals surface area (Å²) in [6.07, 6.45) is 4.19. The molecule has 42 heavy (non-hydrogen) atoms. The van der Waals surface area contributed by atoms with Crippen LogP contribution in [0.15, 0.2) is 36.5 Å². The molecule has 0 bridgehead atoms. The van der Waals surface area contributed by atoms with E-state index in [1.807, 2.05) is 27.8 Å². The highest BCUT2D eigenvalue weighted by atomic mass is 32.1. The van der Waals surface area contributed by atoms with Crippen molar-refractivity contribution in [3.63, 3.8) is 0 Å². The van der Waals surface area contributed by atoms with Gasteiger partial charge >= 0.3 is 0 Å². The fraction of sp³-hybridized carbons (Fsp3) is 0.400. The number of ether oxygens (including phenoxy) is 1. The summed E-state index contributed by atoms with van der Waals surface area (Å²) in [5.41, 5.74) is 4.08. The molecule has 0 N–H and O–H groups in total. The average molecular weight is 590 g/mol. The zero-order valence-corrected chi connectivity index (χ0v) is 23.9. The Morgan fingerprint density at radius 2 is 1.90 bits per heavy atom. The number of nitriles is 1. The number of anilines is 3. The SMILES string of the molecule is CN(c1nc(-c2ccc(F)cc2)c(C#N)s1)c1c(C2CC2)nn2cc(F)c(N3CCN(C(=O)[C@@H]4CCOC4)CC3)cc12. The molecule has 1 saturated carbocycles. The molecule has 0 unspecified atom stereocenters. The van der Waals surface area contributed by atoms with Gasteiger partial charge in [-0.15, -0.1) is 0 Å². The number of hydrogen-bond acceptors (Lipinski definition) is 8. The number of thiazole rings is 1. The Kier molecular flexibility index (Phi) is 6.79. The number of carbonyl (C=O) groups is 1. The number of hydrogen-bond donors (Lipinski definition) is 0. The van der Waals surface area contributed by atoms with Gasteiger partial charge in [0, 0.05) is 51.3 Å². The van der Waals surface area contributed by atoms with E-state index in [4.69, 9.17) is 14.8 Å². The average Bonchev–Trinajstić information content (AvgIpc) is 3.38. The van der Waals surface area contributed by atoms with Gasteiger partial charge < -0.3 is 19.4 Å². The van der Waals surface area contributed by atoms with Gasteiger partial charge in [0.15, 0.2) is 10.9 Å². The minimum absolute atomic E-state index is 0.0775. The third-order valence-electron chi connectivity index (χ3n) is 8.33. The monoisotopic (exact) mass is 589 g/mol. The van der Waals surface area contributed by atoms with Crippen molar-refractivity contribution in [2.45, 2.75) is 25.2 Å². The molecular formula is C30H29F2N7O2S. The van der Waals surface area contributed by atoms with E-state index in [1.54, 1.807) is 16.6 Å². The molecule has 0 radical (unpaired) electrons. The highest BCUT2D eigenvalue weighted by Gasteiger charge is 2.35. The van der Waals surface area contributed by atoms with Crippen LogP contribution in [0.3, 0.4) is 0 Å². The molecule has 5 heterocycles. The van der Waals surface area contributed by atoms with E-state index >= 15 is 4.39 Å². The maximum absolute atomic E-state index is 15.5. The Labute approximate surface area is 245 Å². The Bertz CT molecular complexity index is 1700. The van der Waals surface area contributed by atoms with Crippen molar-refractivity contribution in [3.05, 3.63) is 58.7 Å². The zero-order valence-electron chi connectivity index (χ0n) is 23.1. The first-order valence-electron chi connectivity index (χ1n) is 14.1. The number of rotatable bonds is 6. The lowest BCUT2D eigenvalue weighted by atomic mass is 10.1. The molecule has 3 fully saturated rings. The van der Waals surface area contributed by atoms with Crippen LogP contribution in [0.25, 0.3) is 16.8 Å². The number of halogens is 2. The first-order valence-corrected chi connectivity index (χ1v) is 15.0. The number of benzene rings is 1. The second-order valence-corrected chi connectivity index (χ2v) is 12.0. The normalized spacial score (nSPS) is 19.0. The van der Waals surface area contributed by atoms with Gasteiger partial charge in [0.2, 0.25) is 5.91 Å². The van der Waals surface area contributed by atoms with Crippen molar-refractivity contribution in [2.24, 2.45) is 5.92 Å². The van der Waals surface area contributed by atoms with Gasteiger partial charge in [0.1, 0.15) is 22.5 Å². The van der Waals surface area contributed by atoms with E-state index in [0.717, 1.165) is 36.2 Å². The number of aromatic nitrogens is 3. The molecular weight excluding hydrogens is 560 g/mol. The summed E-state index contributed by atoms with van der Waals surface area (Å²) >= 11 is 1.25. The van der Waals surface area contributed by atoms with Gasteiger partial charge in [0.05, 0.1) is 41.3 Å². The molecule has 2 aliphatic heterocycles. The molecule has 0 spiro atoms. The molecule has 3 aliphatic rings. The fourth-order valence-electron chi connectivity index (χ4n) is 5.86. The van der Waals surface area contributed by atoms with Gasteiger partial charge in [-0.2, -0.15) is 10.4 Å². The minimum atomic E-state index is -0.370. The maximum atomic E-state index is 15.5. The van der Waals surface area contributed by atoms with Crippen molar-refractivity contribution in [2.75, 3.05) is 56.2 Å². The first kappa shape index (κ1) is 26.8. The van der Waals surface area contributed by atoms with E-state index in [0.29, 0.717) is 66.3 Å². The Hall–Kier alpha value is -4.08. The summed E-state index contributed by atoms with van der Waals surface area (Å²) in [5.74, 6) is -0.409. The number of fused-ring (bicyclic) bond motifs is 1. The molecule has 3 aromatic heterocycles. The predicted octanol–water partition coefficient (Wildman–Crippen LogP) is 4.94. The van der Waals surface area contributed by atoms with E-state index < -0.39 is 0 Å². The Morgan fingerprint density at radius 3 is 2.57 bits per heavy atom. The molecule has 1 amide bonds. The second-order valence-electron chi connectivity index (χ2n) is 11.1. The molecule has 12 heteroatoms. The second kappa shape index (κ2) is 10.6. The highest BCUT2D eigenvalue weighted by Crippen LogP contribution is 2.48. The molecule has 1 atom stereocenters. The zero-order chi connectivity index (χ0) is 29.0. The number of pyridine rings is 1. The largest absolute Gasteiger partial charge is 0.381 e. The summed E-state index contributed by atoms with van der Waals surface area (Å²) in [7, 11) is 1.89. The van der Waals surface area contributed by atoms with Crippen LogP contribution in [0, 0.1) is 28.9 Å². The van der Waals surface area contributed by atoms with Crippen LogP contribution in [0.4, 0.5) is 25.3 Å². The summed E-state index contributed by atoms with van der Waals surface area (Å²) in [5, 5.41) is 15.2. The van der Waals surface area contributed by atoms with Crippen LogP contribution in [-0.2, 0) is 9.53 Å². The summed E-state index contributed by atoms with van der Waals surface area (Å²) in [4.78, 5) is 23.8. The van der Waals surface area contributed by atoms with Crippen LogP contribution in [0.1, 0.15) is 35.8 Å². The van der Waals surface area contributed by atoms with Gasteiger partial charge in [-0.1, -0.05) is 11.3 Å². The van der Waals surface area contributed by atoms with Crippen molar-refractivity contribution < 1.29 is 18.3 Å². The smallest absolute Gasteiger partial charge is 0.228 e. The van der Waals surface area contributed by atoms with Crippen molar-refractivity contribution >= 4 is 39.3 Å². The quantitative estimate of drug-likeness (QED) is 0.315. The van der Waals surface area contributed by atoms with E-state index in [2.05, 4.69) is 6.07 Å². The predicted molar refractivity (Wildman–Crippen MR) is 155 cm³/mol. The summed E-state index contributed by atoms with van der Waals surface area (Å²) in [6, 6.07) is 10.00. The summed E-state index contributed by atoms with van der Waals surface area (Å²) < 4.78 is 36.0. The van der Waals surface area contributed by atoms with E-state index in [-0.39, 0.29) is 29.4 Å². The number of amides is 1. The third kappa shape index (κ3) is 4.76. The fourth-order valence-corrected chi connectivity index (χ4v) is 6.72. The maximum Gasteiger partial charge on any atom is 0.228 e. The van der Waals surface area contributed by atoms with E-state index in [1.165, 1.54) is 29.7 Å². The molecule has 1 aromatic carbocycles. The molecule has 7 rings (SSSR count). The lowest BCUT2D eigenvalue weighted by Crippen LogP contribution is -2.50. The lowest BCUT2D eigenvalue weighted by Gasteiger charge is -2.37. The van der Waals surface area contributed by atoms with Crippen molar-refractivity contribution in [1.82, 2.24) is 19.5 Å².